The quantitative estimate of drug-likeness (QED) is 0.775. The highest BCUT2D eigenvalue weighted by molar-refractivity contribution is 7.92. The first-order chi connectivity index (χ1) is 11.3. The lowest BCUT2D eigenvalue weighted by molar-refractivity contribution is -0.139. The summed E-state index contributed by atoms with van der Waals surface area (Å²) in [5.74, 6) is -0.440. The molecule has 0 amide bonds. The van der Waals surface area contributed by atoms with Crippen molar-refractivity contribution >= 4 is 33.3 Å². The largest absolute Gasteiger partial charge is 0.497 e. The number of hydrogen-bond donors (Lipinski definition) is 2. The van der Waals surface area contributed by atoms with Gasteiger partial charge >= 0.3 is 5.97 Å². The van der Waals surface area contributed by atoms with E-state index in [9.17, 15) is 13.2 Å². The SMILES string of the molecule is COc1ccc(Cl)c(S(=O)(=O)Nc2ccc(OCC(=O)O)cc2)c1. The summed E-state index contributed by atoms with van der Waals surface area (Å²) >= 11 is 5.95. The summed E-state index contributed by atoms with van der Waals surface area (Å²) < 4.78 is 37.2. The summed E-state index contributed by atoms with van der Waals surface area (Å²) in [6.45, 7) is -0.482. The van der Waals surface area contributed by atoms with E-state index < -0.39 is 22.6 Å². The Balaban J connectivity index is 2.19. The Labute approximate surface area is 143 Å². The van der Waals surface area contributed by atoms with E-state index in [1.54, 1.807) is 6.07 Å². The zero-order valence-electron chi connectivity index (χ0n) is 12.5. The lowest BCUT2D eigenvalue weighted by atomic mass is 10.3. The molecule has 2 N–H and O–H groups in total. The van der Waals surface area contributed by atoms with E-state index in [4.69, 9.17) is 26.2 Å². The van der Waals surface area contributed by atoms with E-state index in [0.29, 0.717) is 11.5 Å². The summed E-state index contributed by atoms with van der Waals surface area (Å²) in [6, 6.07) is 10.1. The maximum absolute atomic E-state index is 12.4. The lowest BCUT2D eigenvalue weighted by Gasteiger charge is -2.11. The number of sulfonamides is 1. The van der Waals surface area contributed by atoms with Crippen molar-refractivity contribution in [3.8, 4) is 11.5 Å². The second-order valence-corrected chi connectivity index (χ2v) is 6.67. The third-order valence-corrected chi connectivity index (χ3v) is 4.76. The summed E-state index contributed by atoms with van der Waals surface area (Å²) in [4.78, 5) is 10.3. The van der Waals surface area contributed by atoms with Gasteiger partial charge in [-0.25, -0.2) is 13.2 Å². The number of rotatable bonds is 7. The zero-order valence-corrected chi connectivity index (χ0v) is 14.1. The first kappa shape index (κ1) is 17.9. The molecule has 128 valence electrons. The minimum absolute atomic E-state index is 0.0599. The molecule has 9 heteroatoms. The van der Waals surface area contributed by atoms with Crippen molar-refractivity contribution in [1.29, 1.82) is 0 Å². The van der Waals surface area contributed by atoms with Crippen LogP contribution in [0.5, 0.6) is 11.5 Å². The van der Waals surface area contributed by atoms with Crippen molar-refractivity contribution in [1.82, 2.24) is 0 Å². The summed E-state index contributed by atoms with van der Waals surface area (Å²) in [5, 5.41) is 8.60. The molecule has 0 fully saturated rings. The third-order valence-electron chi connectivity index (χ3n) is 2.90. The van der Waals surface area contributed by atoms with Gasteiger partial charge in [-0.05, 0) is 36.4 Å². The minimum atomic E-state index is -3.91. The summed E-state index contributed by atoms with van der Waals surface area (Å²) in [7, 11) is -2.49. The summed E-state index contributed by atoms with van der Waals surface area (Å²) in [6.07, 6.45) is 0. The predicted octanol–water partition coefficient (Wildman–Crippen LogP) is 2.61. The van der Waals surface area contributed by atoms with E-state index >= 15 is 0 Å². The zero-order chi connectivity index (χ0) is 17.7. The Kier molecular flexibility index (Phi) is 5.53. The number of nitrogens with one attached hydrogen (secondary N) is 1. The van der Waals surface area contributed by atoms with Crippen molar-refractivity contribution in [3.05, 3.63) is 47.5 Å². The molecule has 0 aliphatic heterocycles. The van der Waals surface area contributed by atoms with Crippen LogP contribution in [0.4, 0.5) is 5.69 Å². The first-order valence-electron chi connectivity index (χ1n) is 6.63. The highest BCUT2D eigenvalue weighted by atomic mass is 35.5. The topological polar surface area (TPSA) is 102 Å². The highest BCUT2D eigenvalue weighted by Gasteiger charge is 2.19. The van der Waals surface area contributed by atoms with Crippen LogP contribution < -0.4 is 14.2 Å². The van der Waals surface area contributed by atoms with Gasteiger partial charge < -0.3 is 14.6 Å². The van der Waals surface area contributed by atoms with Crippen molar-refractivity contribution < 1.29 is 27.8 Å². The molecule has 0 aliphatic carbocycles. The minimum Gasteiger partial charge on any atom is -0.497 e. The molecule has 0 heterocycles. The van der Waals surface area contributed by atoms with Gasteiger partial charge in [0.25, 0.3) is 10.0 Å². The molecule has 2 aromatic rings. The number of aliphatic carboxylic acids is 1. The number of methoxy groups -OCH3 is 1. The monoisotopic (exact) mass is 371 g/mol. The molecule has 0 aromatic heterocycles. The first-order valence-corrected chi connectivity index (χ1v) is 8.49. The Morgan fingerprint density at radius 1 is 1.17 bits per heavy atom. The van der Waals surface area contributed by atoms with Gasteiger partial charge in [-0.15, -0.1) is 0 Å². The molecule has 0 saturated carbocycles. The number of benzene rings is 2. The standard InChI is InChI=1S/C15H14ClNO6S/c1-22-12-6-7-13(16)14(8-12)24(20,21)17-10-2-4-11(5-3-10)23-9-15(18)19/h2-8,17H,9H2,1H3,(H,18,19). The van der Waals surface area contributed by atoms with E-state index in [1.807, 2.05) is 0 Å². The molecule has 2 rings (SSSR count). The molecule has 0 radical (unpaired) electrons. The Morgan fingerprint density at radius 2 is 1.79 bits per heavy atom. The van der Waals surface area contributed by atoms with Crippen LogP contribution in [-0.2, 0) is 14.8 Å². The second-order valence-electron chi connectivity index (χ2n) is 4.61. The van der Waals surface area contributed by atoms with Gasteiger partial charge in [-0.3, -0.25) is 4.72 Å². The molecule has 24 heavy (non-hydrogen) atoms. The van der Waals surface area contributed by atoms with Gasteiger partial charge in [-0.2, -0.15) is 0 Å². The Morgan fingerprint density at radius 3 is 2.38 bits per heavy atom. The number of carboxylic acid groups (broad SMARTS) is 1. The van der Waals surface area contributed by atoms with Gasteiger partial charge in [0.15, 0.2) is 6.61 Å². The second kappa shape index (κ2) is 7.41. The molecule has 0 unspecified atom stereocenters. The fourth-order valence-corrected chi connectivity index (χ4v) is 3.37. The van der Waals surface area contributed by atoms with Crippen molar-refractivity contribution in [3.63, 3.8) is 0 Å². The third kappa shape index (κ3) is 4.53. The van der Waals surface area contributed by atoms with Gasteiger partial charge in [0.2, 0.25) is 0 Å². The summed E-state index contributed by atoms with van der Waals surface area (Å²) in [5.41, 5.74) is 0.275. The van der Waals surface area contributed by atoms with Crippen LogP contribution >= 0.6 is 11.6 Å². The van der Waals surface area contributed by atoms with Crippen LogP contribution in [-0.4, -0.2) is 33.2 Å². The number of ether oxygens (including phenoxy) is 2. The van der Waals surface area contributed by atoms with Crippen molar-refractivity contribution in [2.75, 3.05) is 18.4 Å². The van der Waals surface area contributed by atoms with E-state index in [1.165, 1.54) is 43.5 Å². The van der Waals surface area contributed by atoms with Crippen LogP contribution in [0.2, 0.25) is 5.02 Å². The molecular weight excluding hydrogens is 358 g/mol. The lowest BCUT2D eigenvalue weighted by Crippen LogP contribution is -2.13. The van der Waals surface area contributed by atoms with Crippen LogP contribution in [0.1, 0.15) is 0 Å². The maximum Gasteiger partial charge on any atom is 0.341 e. The number of hydrogen-bond acceptors (Lipinski definition) is 5. The van der Waals surface area contributed by atoms with E-state index in [2.05, 4.69) is 4.72 Å². The van der Waals surface area contributed by atoms with E-state index in [0.717, 1.165) is 0 Å². The van der Waals surface area contributed by atoms with Crippen LogP contribution in [0.3, 0.4) is 0 Å². The van der Waals surface area contributed by atoms with E-state index in [-0.39, 0.29) is 15.6 Å². The number of carboxylic acids is 1. The number of halogens is 1. The molecule has 0 bridgehead atoms. The highest BCUT2D eigenvalue weighted by Crippen LogP contribution is 2.28. The van der Waals surface area contributed by atoms with Crippen LogP contribution in [0.25, 0.3) is 0 Å². The molecular formula is C15H14ClNO6S. The molecule has 0 saturated heterocycles. The van der Waals surface area contributed by atoms with Gasteiger partial charge in [0.05, 0.1) is 12.1 Å². The fourth-order valence-electron chi connectivity index (χ4n) is 1.79. The molecule has 7 nitrogen and oxygen atoms in total. The molecule has 0 atom stereocenters. The normalized spacial score (nSPS) is 10.9. The fraction of sp³-hybridized carbons (Fsp3) is 0.133. The molecule has 2 aromatic carbocycles. The van der Waals surface area contributed by atoms with Crippen LogP contribution in [0.15, 0.2) is 47.4 Å². The Hall–Kier alpha value is -2.45. The van der Waals surface area contributed by atoms with Gasteiger partial charge in [-0.1, -0.05) is 11.6 Å². The van der Waals surface area contributed by atoms with Crippen molar-refractivity contribution in [2.24, 2.45) is 0 Å². The molecule has 0 spiro atoms. The Bertz CT molecular complexity index is 836. The smallest absolute Gasteiger partial charge is 0.341 e. The average molecular weight is 372 g/mol. The number of anilines is 1. The number of carbonyl (C=O) groups is 1. The van der Waals surface area contributed by atoms with Gasteiger partial charge in [0.1, 0.15) is 16.4 Å². The van der Waals surface area contributed by atoms with Crippen LogP contribution in [0, 0.1) is 0 Å². The predicted molar refractivity (Wildman–Crippen MR) is 88.4 cm³/mol. The maximum atomic E-state index is 12.4. The van der Waals surface area contributed by atoms with Crippen molar-refractivity contribution in [2.45, 2.75) is 4.90 Å². The van der Waals surface area contributed by atoms with Gasteiger partial charge in [0, 0.05) is 11.8 Å². The molecule has 0 aliphatic rings. The average Bonchev–Trinajstić information content (AvgIpc) is 2.54.